The lowest BCUT2D eigenvalue weighted by molar-refractivity contribution is -0.115. The first-order valence-corrected chi connectivity index (χ1v) is 6.54. The summed E-state index contributed by atoms with van der Waals surface area (Å²) in [5.74, 6) is 0.426. The molecule has 3 heteroatoms. The molecule has 1 aliphatic heterocycles. The van der Waals surface area contributed by atoms with Gasteiger partial charge in [-0.05, 0) is 29.2 Å². The van der Waals surface area contributed by atoms with Crippen LogP contribution in [0.1, 0.15) is 31.0 Å². The highest BCUT2D eigenvalue weighted by atomic mass is 16.1. The predicted octanol–water partition coefficient (Wildman–Crippen LogP) is 3.37. The topological polar surface area (TPSA) is 42.0 Å². The maximum atomic E-state index is 11.6. The van der Waals surface area contributed by atoms with Crippen LogP contribution >= 0.6 is 0 Å². The molecule has 1 aliphatic rings. The number of benzene rings is 1. The second kappa shape index (κ2) is 4.50. The van der Waals surface area contributed by atoms with Crippen LogP contribution in [0.2, 0.25) is 0 Å². The molecule has 1 aromatic heterocycles. The number of pyridine rings is 1. The summed E-state index contributed by atoms with van der Waals surface area (Å²) in [4.78, 5) is 16.1. The van der Waals surface area contributed by atoms with Gasteiger partial charge in [0.25, 0.3) is 0 Å². The van der Waals surface area contributed by atoms with Gasteiger partial charge in [0.15, 0.2) is 0 Å². The number of fused-ring (bicyclic) bond motifs is 1. The van der Waals surface area contributed by atoms with Gasteiger partial charge < -0.3 is 5.32 Å². The lowest BCUT2D eigenvalue weighted by atomic mass is 9.93. The summed E-state index contributed by atoms with van der Waals surface area (Å²) in [7, 11) is 0. The predicted molar refractivity (Wildman–Crippen MR) is 76.1 cm³/mol. The zero-order valence-electron chi connectivity index (χ0n) is 11.1. The molecule has 2 aromatic rings. The molecule has 0 unspecified atom stereocenters. The molecule has 1 aromatic carbocycles. The molecule has 2 heterocycles. The molecule has 0 saturated heterocycles. The Morgan fingerprint density at radius 2 is 1.95 bits per heavy atom. The molecular formula is C16H16N2O. The first-order chi connectivity index (χ1) is 9.16. The molecule has 1 amide bonds. The fourth-order valence-electron chi connectivity index (χ4n) is 2.61. The number of carbonyl (C=O) groups is 1. The number of nitrogens with zero attached hydrogens (tertiary/aromatic N) is 1. The van der Waals surface area contributed by atoms with E-state index >= 15 is 0 Å². The van der Waals surface area contributed by atoms with Crippen molar-refractivity contribution in [3.63, 3.8) is 0 Å². The van der Waals surface area contributed by atoms with Crippen molar-refractivity contribution < 1.29 is 4.79 Å². The zero-order chi connectivity index (χ0) is 13.4. The van der Waals surface area contributed by atoms with Crippen LogP contribution in [0, 0.1) is 0 Å². The molecule has 0 spiro atoms. The van der Waals surface area contributed by atoms with Gasteiger partial charge in [0.2, 0.25) is 5.91 Å². The SMILES string of the molecule is CC(C)c1ncccc1-c1cccc2c1CC(=O)N2. The molecule has 3 nitrogen and oxygen atoms in total. The molecule has 0 atom stereocenters. The maximum absolute atomic E-state index is 11.6. The third kappa shape index (κ3) is 2.01. The van der Waals surface area contributed by atoms with Crippen LogP contribution in [0.15, 0.2) is 36.5 Å². The van der Waals surface area contributed by atoms with Gasteiger partial charge in [0, 0.05) is 17.4 Å². The number of rotatable bonds is 2. The largest absolute Gasteiger partial charge is 0.326 e. The first-order valence-electron chi connectivity index (χ1n) is 6.54. The number of aromatic nitrogens is 1. The van der Waals surface area contributed by atoms with Gasteiger partial charge in [-0.2, -0.15) is 0 Å². The van der Waals surface area contributed by atoms with E-state index in [4.69, 9.17) is 0 Å². The van der Waals surface area contributed by atoms with Crippen LogP contribution in [0.5, 0.6) is 0 Å². The molecule has 1 N–H and O–H groups in total. The number of anilines is 1. The van der Waals surface area contributed by atoms with E-state index in [9.17, 15) is 4.79 Å². The van der Waals surface area contributed by atoms with E-state index in [1.165, 1.54) is 0 Å². The number of amides is 1. The Morgan fingerprint density at radius 3 is 2.74 bits per heavy atom. The highest BCUT2D eigenvalue weighted by Gasteiger charge is 2.22. The molecular weight excluding hydrogens is 236 g/mol. The van der Waals surface area contributed by atoms with E-state index in [0.29, 0.717) is 12.3 Å². The van der Waals surface area contributed by atoms with Crippen molar-refractivity contribution in [2.75, 3.05) is 5.32 Å². The van der Waals surface area contributed by atoms with E-state index in [1.807, 2.05) is 24.4 Å². The Balaban J connectivity index is 2.20. The Bertz CT molecular complexity index is 647. The lowest BCUT2D eigenvalue weighted by Gasteiger charge is -2.14. The van der Waals surface area contributed by atoms with Gasteiger partial charge in [-0.25, -0.2) is 0 Å². The highest BCUT2D eigenvalue weighted by molar-refractivity contribution is 6.01. The Hall–Kier alpha value is -2.16. The fraction of sp³-hybridized carbons (Fsp3) is 0.250. The molecule has 19 heavy (non-hydrogen) atoms. The minimum absolute atomic E-state index is 0.0671. The van der Waals surface area contributed by atoms with Gasteiger partial charge in [-0.1, -0.05) is 32.0 Å². The number of hydrogen-bond acceptors (Lipinski definition) is 2. The lowest BCUT2D eigenvalue weighted by Crippen LogP contribution is -2.03. The number of carbonyl (C=O) groups excluding carboxylic acids is 1. The Morgan fingerprint density at radius 1 is 1.16 bits per heavy atom. The average Bonchev–Trinajstić information content (AvgIpc) is 2.78. The van der Waals surface area contributed by atoms with Crippen LogP contribution in [-0.2, 0) is 11.2 Å². The van der Waals surface area contributed by atoms with Crippen molar-refractivity contribution in [2.24, 2.45) is 0 Å². The Labute approximate surface area is 112 Å². The summed E-state index contributed by atoms with van der Waals surface area (Å²) >= 11 is 0. The summed E-state index contributed by atoms with van der Waals surface area (Å²) in [6, 6.07) is 10.0. The van der Waals surface area contributed by atoms with E-state index in [0.717, 1.165) is 28.1 Å². The summed E-state index contributed by atoms with van der Waals surface area (Å²) in [6.07, 6.45) is 2.28. The summed E-state index contributed by atoms with van der Waals surface area (Å²) in [5.41, 5.74) is 5.34. The monoisotopic (exact) mass is 252 g/mol. The van der Waals surface area contributed by atoms with E-state index in [-0.39, 0.29) is 5.91 Å². The van der Waals surface area contributed by atoms with Crippen molar-refractivity contribution in [2.45, 2.75) is 26.2 Å². The normalized spacial score (nSPS) is 13.5. The van der Waals surface area contributed by atoms with Crippen LogP contribution in [-0.4, -0.2) is 10.9 Å². The number of nitrogens with one attached hydrogen (secondary N) is 1. The first kappa shape index (κ1) is 11.9. The maximum Gasteiger partial charge on any atom is 0.228 e. The van der Waals surface area contributed by atoms with Gasteiger partial charge >= 0.3 is 0 Å². The molecule has 0 aliphatic carbocycles. The van der Waals surface area contributed by atoms with Gasteiger partial charge in [0.05, 0.1) is 12.1 Å². The van der Waals surface area contributed by atoms with Crippen molar-refractivity contribution in [3.05, 3.63) is 47.8 Å². The summed E-state index contributed by atoms with van der Waals surface area (Å²) in [5, 5.41) is 2.90. The quantitative estimate of drug-likeness (QED) is 0.890. The highest BCUT2D eigenvalue weighted by Crippen LogP contribution is 2.36. The fourth-order valence-corrected chi connectivity index (χ4v) is 2.61. The van der Waals surface area contributed by atoms with E-state index in [2.05, 4.69) is 36.3 Å². The van der Waals surface area contributed by atoms with Crippen molar-refractivity contribution in [3.8, 4) is 11.1 Å². The second-order valence-electron chi connectivity index (χ2n) is 5.15. The van der Waals surface area contributed by atoms with Gasteiger partial charge in [0.1, 0.15) is 0 Å². The minimum atomic E-state index is 0.0671. The summed E-state index contributed by atoms with van der Waals surface area (Å²) < 4.78 is 0. The van der Waals surface area contributed by atoms with Crippen LogP contribution in [0.25, 0.3) is 11.1 Å². The molecule has 0 fully saturated rings. The van der Waals surface area contributed by atoms with Crippen molar-refractivity contribution in [1.29, 1.82) is 0 Å². The van der Waals surface area contributed by atoms with Crippen molar-refractivity contribution >= 4 is 11.6 Å². The molecule has 0 bridgehead atoms. The molecule has 0 saturated carbocycles. The standard InChI is InChI=1S/C16H16N2O/c1-10(2)16-12(6-4-8-17-16)11-5-3-7-14-13(11)9-15(19)18-14/h3-8,10H,9H2,1-2H3,(H,18,19). The van der Waals surface area contributed by atoms with Crippen molar-refractivity contribution in [1.82, 2.24) is 4.98 Å². The van der Waals surface area contributed by atoms with Crippen LogP contribution in [0.3, 0.4) is 0 Å². The third-order valence-electron chi connectivity index (χ3n) is 3.46. The van der Waals surface area contributed by atoms with E-state index in [1.54, 1.807) is 0 Å². The van der Waals surface area contributed by atoms with Gasteiger partial charge in [-0.15, -0.1) is 0 Å². The van der Waals surface area contributed by atoms with Crippen LogP contribution in [0.4, 0.5) is 5.69 Å². The van der Waals surface area contributed by atoms with Gasteiger partial charge in [-0.3, -0.25) is 9.78 Å². The molecule has 3 rings (SSSR count). The minimum Gasteiger partial charge on any atom is -0.326 e. The smallest absolute Gasteiger partial charge is 0.228 e. The zero-order valence-corrected chi connectivity index (χ0v) is 11.1. The number of hydrogen-bond donors (Lipinski definition) is 1. The average molecular weight is 252 g/mol. The Kier molecular flexibility index (Phi) is 2.82. The summed E-state index contributed by atoms with van der Waals surface area (Å²) in [6.45, 7) is 4.27. The molecule has 0 radical (unpaired) electrons. The molecule has 96 valence electrons. The third-order valence-corrected chi connectivity index (χ3v) is 3.46. The van der Waals surface area contributed by atoms with E-state index < -0.39 is 0 Å². The van der Waals surface area contributed by atoms with Crippen LogP contribution < -0.4 is 5.32 Å². The second-order valence-corrected chi connectivity index (χ2v) is 5.15.